The van der Waals surface area contributed by atoms with Gasteiger partial charge in [-0.2, -0.15) is 5.21 Å². The van der Waals surface area contributed by atoms with Crippen molar-refractivity contribution in [1.82, 2.24) is 50.8 Å². The van der Waals surface area contributed by atoms with Crippen molar-refractivity contribution in [3.63, 3.8) is 0 Å². The number of amides is 2. The summed E-state index contributed by atoms with van der Waals surface area (Å²) in [4.78, 5) is 54.3. The molecule has 7 N–H and O–H groups in total. The number of tetrazole rings is 1. The second-order valence-corrected chi connectivity index (χ2v) is 10.7. The van der Waals surface area contributed by atoms with E-state index in [-0.39, 0.29) is 45.9 Å². The van der Waals surface area contributed by atoms with E-state index in [0.29, 0.717) is 23.5 Å². The van der Waals surface area contributed by atoms with Crippen LogP contribution in [0.4, 0.5) is 17.1 Å². The van der Waals surface area contributed by atoms with Gasteiger partial charge in [0.1, 0.15) is 22.8 Å². The summed E-state index contributed by atoms with van der Waals surface area (Å²) in [5.74, 6) is -0.455. The number of nitrogens with two attached hydrogens (primary N) is 1. The van der Waals surface area contributed by atoms with Crippen molar-refractivity contribution in [2.75, 3.05) is 11.1 Å². The van der Waals surface area contributed by atoms with Gasteiger partial charge in [0.25, 0.3) is 28.4 Å². The molecule has 0 unspecified atom stereocenters. The number of aromatic amines is 2. The molecule has 6 aromatic rings. The van der Waals surface area contributed by atoms with Crippen molar-refractivity contribution < 1.29 is 9.59 Å². The first kappa shape index (κ1) is 27.7. The monoisotopic (exact) mass is 622 g/mol. The maximum atomic E-state index is 13.4. The molecule has 3 aromatic heterocycles. The van der Waals surface area contributed by atoms with E-state index in [2.05, 4.69) is 51.8 Å². The van der Waals surface area contributed by atoms with Crippen LogP contribution in [-0.2, 0) is 13.0 Å². The van der Waals surface area contributed by atoms with Gasteiger partial charge in [-0.05, 0) is 71.2 Å². The van der Waals surface area contributed by atoms with Gasteiger partial charge in [-0.15, -0.1) is 15.3 Å². The highest BCUT2D eigenvalue weighted by atomic mass is 32.1. The van der Waals surface area contributed by atoms with Gasteiger partial charge < -0.3 is 21.7 Å². The third-order valence-electron chi connectivity index (χ3n) is 7.58. The molecule has 0 bridgehead atoms. The van der Waals surface area contributed by atoms with Crippen LogP contribution >= 0.6 is 12.2 Å². The molecule has 1 aliphatic rings. The molecular weight excluding hydrogens is 600 g/mol. The van der Waals surface area contributed by atoms with Gasteiger partial charge in [-0.3, -0.25) is 19.2 Å². The first-order valence-electron chi connectivity index (χ1n) is 13.7. The van der Waals surface area contributed by atoms with Crippen LogP contribution in [0.1, 0.15) is 50.1 Å². The predicted octanol–water partition coefficient (Wildman–Crippen LogP) is 1.24. The van der Waals surface area contributed by atoms with E-state index in [0.717, 1.165) is 23.1 Å². The van der Waals surface area contributed by atoms with E-state index >= 15 is 0 Å². The molecule has 2 amide bonds. The third kappa shape index (κ3) is 4.99. The summed E-state index contributed by atoms with van der Waals surface area (Å²) >= 11 is 5.32. The zero-order chi connectivity index (χ0) is 31.2. The number of carbonyl (C=O) groups excluding carboxylic acids is 2. The molecule has 16 nitrogen and oxygen atoms in total. The predicted molar refractivity (Wildman–Crippen MR) is 163 cm³/mol. The van der Waals surface area contributed by atoms with Gasteiger partial charge in [-0.25, -0.2) is 14.5 Å². The molecule has 1 aliphatic carbocycles. The van der Waals surface area contributed by atoms with Crippen LogP contribution in [-0.4, -0.2) is 52.0 Å². The lowest BCUT2D eigenvalue weighted by molar-refractivity contribution is 0.0931. The van der Waals surface area contributed by atoms with Crippen molar-refractivity contribution in [2.45, 2.75) is 25.4 Å². The number of hydrogen-bond acceptors (Lipinski definition) is 12. The van der Waals surface area contributed by atoms with Crippen molar-refractivity contribution in [3.8, 4) is 11.4 Å². The summed E-state index contributed by atoms with van der Waals surface area (Å²) in [6, 6.07) is 13.8. The summed E-state index contributed by atoms with van der Waals surface area (Å²) in [7, 11) is 0. The Morgan fingerprint density at radius 1 is 1.07 bits per heavy atom. The molecule has 0 aliphatic heterocycles. The Kier molecular flexibility index (Phi) is 6.70. The molecule has 0 spiro atoms. The molecule has 7 rings (SSSR count). The van der Waals surface area contributed by atoms with E-state index < -0.39 is 22.7 Å². The molecule has 224 valence electrons. The number of carbonyl (C=O) groups is 2. The number of aromatic nitrogens is 8. The standard InChI is InChI=1S/C28H22N12O4S/c29-20-21(23(42)22(20)41)31-15-3-1-2-12(8-15)11-30-26(44)19-10-18(33-27-36-37-28(45)40(19)27)25(43)32-17-7-5-13-9-14(4-6-16(13)17)24-34-38-39-35-24/h1-4,6,8-10,17,31H,5,7,11,29H2,(H,30,44)(H,32,43)(H,37,45)(H,34,35,38,39)/t17-/m0/s1. The summed E-state index contributed by atoms with van der Waals surface area (Å²) in [5, 5.41) is 29.4. The summed E-state index contributed by atoms with van der Waals surface area (Å²) in [6.07, 6.45) is 1.43. The normalized spacial score (nSPS) is 14.0. The van der Waals surface area contributed by atoms with Crippen LogP contribution in [0.15, 0.2) is 58.1 Å². The summed E-state index contributed by atoms with van der Waals surface area (Å²) in [6.45, 7) is 0.0942. The van der Waals surface area contributed by atoms with E-state index in [1.165, 1.54) is 10.5 Å². The van der Waals surface area contributed by atoms with E-state index in [1.807, 2.05) is 18.2 Å². The van der Waals surface area contributed by atoms with Crippen molar-refractivity contribution in [2.24, 2.45) is 0 Å². The fourth-order valence-corrected chi connectivity index (χ4v) is 5.56. The maximum absolute atomic E-state index is 13.4. The highest BCUT2D eigenvalue weighted by Crippen LogP contribution is 2.33. The molecule has 3 heterocycles. The quantitative estimate of drug-likeness (QED) is 0.104. The largest absolute Gasteiger partial charge is 0.394 e. The highest BCUT2D eigenvalue weighted by molar-refractivity contribution is 7.71. The zero-order valence-electron chi connectivity index (χ0n) is 23.1. The Bertz CT molecular complexity index is 2270. The Balaban J connectivity index is 1.08. The Labute approximate surface area is 256 Å². The molecule has 0 radical (unpaired) electrons. The second-order valence-electron chi connectivity index (χ2n) is 10.4. The maximum Gasteiger partial charge on any atom is 0.270 e. The van der Waals surface area contributed by atoms with Crippen molar-refractivity contribution in [1.29, 1.82) is 0 Å². The van der Waals surface area contributed by atoms with Crippen LogP contribution < -0.4 is 32.5 Å². The number of rotatable bonds is 8. The van der Waals surface area contributed by atoms with E-state index in [1.54, 1.807) is 24.3 Å². The number of hydrogen-bond donors (Lipinski definition) is 6. The minimum Gasteiger partial charge on any atom is -0.394 e. The second kappa shape index (κ2) is 10.9. The number of nitrogens with zero attached hydrogens (tertiary/aromatic N) is 6. The average molecular weight is 623 g/mol. The lowest BCUT2D eigenvalue weighted by Crippen LogP contribution is -2.36. The number of nitrogens with one attached hydrogen (secondary N) is 5. The van der Waals surface area contributed by atoms with Gasteiger partial charge in [0.2, 0.25) is 10.6 Å². The first-order chi connectivity index (χ1) is 21.8. The molecule has 1 atom stereocenters. The smallest absolute Gasteiger partial charge is 0.270 e. The number of benzene rings is 2. The molecule has 3 aromatic carbocycles. The van der Waals surface area contributed by atoms with Gasteiger partial charge in [0.05, 0.1) is 6.04 Å². The molecule has 45 heavy (non-hydrogen) atoms. The molecule has 0 fully saturated rings. The van der Waals surface area contributed by atoms with Gasteiger partial charge in [0.15, 0.2) is 0 Å². The highest BCUT2D eigenvalue weighted by Gasteiger charge is 2.27. The van der Waals surface area contributed by atoms with Crippen LogP contribution in [0.5, 0.6) is 0 Å². The average Bonchev–Trinajstić information content (AvgIpc) is 3.82. The lowest BCUT2D eigenvalue weighted by Gasteiger charge is -2.15. The van der Waals surface area contributed by atoms with Crippen molar-refractivity contribution >= 4 is 46.9 Å². The SMILES string of the molecule is Nc1c(Nc2cccc(CNC(=O)c3cc(C(=O)N[C@H]4CCc5cc(-c6nn[nH]n6)ccc54)nc4n[nH]c(=S)n34)c2)c(=O)c1=O. The fourth-order valence-electron chi connectivity index (χ4n) is 5.33. The number of anilines is 3. The van der Waals surface area contributed by atoms with E-state index in [9.17, 15) is 19.2 Å². The minimum atomic E-state index is -0.723. The number of H-pyrrole nitrogens is 2. The van der Waals surface area contributed by atoms with Gasteiger partial charge in [-0.1, -0.05) is 24.3 Å². The molecular formula is C28H22N12O4S. The third-order valence-corrected chi connectivity index (χ3v) is 7.85. The summed E-state index contributed by atoms with van der Waals surface area (Å²) < 4.78 is 1.48. The van der Waals surface area contributed by atoms with Crippen LogP contribution in [0, 0.1) is 4.77 Å². The topological polar surface area (TPSA) is 231 Å². The first-order valence-corrected chi connectivity index (χ1v) is 14.1. The number of aryl methyl sites for hydroxylation is 1. The van der Waals surface area contributed by atoms with E-state index in [4.69, 9.17) is 18.0 Å². The Morgan fingerprint density at radius 3 is 2.73 bits per heavy atom. The lowest BCUT2D eigenvalue weighted by atomic mass is 10.0. The molecule has 17 heteroatoms. The summed E-state index contributed by atoms with van der Waals surface area (Å²) in [5.41, 5.74) is 8.24. The van der Waals surface area contributed by atoms with Gasteiger partial charge >= 0.3 is 0 Å². The Hall–Kier alpha value is -6.10. The molecule has 0 saturated carbocycles. The van der Waals surface area contributed by atoms with Crippen molar-refractivity contribution in [3.05, 3.63) is 102 Å². The van der Waals surface area contributed by atoms with Crippen LogP contribution in [0.3, 0.4) is 0 Å². The van der Waals surface area contributed by atoms with Crippen LogP contribution in [0.25, 0.3) is 17.2 Å². The Morgan fingerprint density at radius 2 is 1.93 bits per heavy atom. The number of fused-ring (bicyclic) bond motifs is 2. The van der Waals surface area contributed by atoms with Gasteiger partial charge in [0, 0.05) is 17.8 Å². The zero-order valence-corrected chi connectivity index (χ0v) is 23.9. The fraction of sp³-hybridized carbons (Fsp3) is 0.143. The number of nitrogen functional groups attached to an aromatic ring is 1. The van der Waals surface area contributed by atoms with Crippen LogP contribution in [0.2, 0.25) is 0 Å². The minimum absolute atomic E-state index is 0.00436. The molecule has 0 saturated heterocycles.